The lowest BCUT2D eigenvalue weighted by Crippen LogP contribution is -2.44. The highest BCUT2D eigenvalue weighted by molar-refractivity contribution is 5.78. The first kappa shape index (κ1) is 15.8. The van der Waals surface area contributed by atoms with Crippen molar-refractivity contribution in [3.63, 3.8) is 0 Å². The van der Waals surface area contributed by atoms with Crippen LogP contribution in [0, 0.1) is 6.92 Å². The number of carbonyl (C=O) groups excluding carboxylic acids is 1. The Balaban J connectivity index is 1.89. The average molecular weight is 290 g/mol. The molecule has 0 aromatic heterocycles. The standard InChI is InChI=1S/C17H26N2O2/c1-3-4-11-19(15-9-10-18-12-15)17(20)13-21-16-7-5-14(2)6-8-16/h5-8,15,18H,3-4,9-13H2,1-2H3. The third kappa shape index (κ3) is 4.74. The van der Waals surface area contributed by atoms with Crippen LogP contribution in [0.3, 0.4) is 0 Å². The quantitative estimate of drug-likeness (QED) is 0.838. The van der Waals surface area contributed by atoms with E-state index in [4.69, 9.17) is 4.74 Å². The maximum Gasteiger partial charge on any atom is 0.260 e. The van der Waals surface area contributed by atoms with Gasteiger partial charge in [0.2, 0.25) is 0 Å². The highest BCUT2D eigenvalue weighted by atomic mass is 16.5. The Morgan fingerprint density at radius 3 is 2.76 bits per heavy atom. The molecule has 1 aliphatic rings. The molecule has 0 radical (unpaired) electrons. The van der Waals surface area contributed by atoms with Crippen molar-refractivity contribution in [3.8, 4) is 5.75 Å². The number of nitrogens with zero attached hydrogens (tertiary/aromatic N) is 1. The first-order valence-corrected chi connectivity index (χ1v) is 7.90. The molecule has 4 nitrogen and oxygen atoms in total. The minimum absolute atomic E-state index is 0.0951. The van der Waals surface area contributed by atoms with Gasteiger partial charge < -0.3 is 15.0 Å². The zero-order valence-electron chi connectivity index (χ0n) is 13.1. The number of benzene rings is 1. The molecule has 0 spiro atoms. The maximum absolute atomic E-state index is 12.4. The van der Waals surface area contributed by atoms with Crippen molar-refractivity contribution in [1.82, 2.24) is 10.2 Å². The summed E-state index contributed by atoms with van der Waals surface area (Å²) in [7, 11) is 0. The van der Waals surface area contributed by atoms with Crippen molar-refractivity contribution < 1.29 is 9.53 Å². The number of rotatable bonds is 7. The van der Waals surface area contributed by atoms with Gasteiger partial charge in [-0.1, -0.05) is 31.0 Å². The van der Waals surface area contributed by atoms with Crippen LogP contribution < -0.4 is 10.1 Å². The van der Waals surface area contributed by atoms with Crippen molar-refractivity contribution >= 4 is 5.91 Å². The van der Waals surface area contributed by atoms with E-state index < -0.39 is 0 Å². The summed E-state index contributed by atoms with van der Waals surface area (Å²) in [6.45, 7) is 7.05. The highest BCUT2D eigenvalue weighted by Gasteiger charge is 2.26. The molecule has 1 aromatic carbocycles. The van der Waals surface area contributed by atoms with Crippen LogP contribution in [0.1, 0.15) is 31.7 Å². The van der Waals surface area contributed by atoms with E-state index in [1.54, 1.807) is 0 Å². The molecule has 2 rings (SSSR count). The first-order chi connectivity index (χ1) is 10.2. The number of hydrogen-bond acceptors (Lipinski definition) is 3. The number of carbonyl (C=O) groups is 1. The SMILES string of the molecule is CCCCN(C(=O)COc1ccc(C)cc1)C1CCNC1. The van der Waals surface area contributed by atoms with Gasteiger partial charge in [-0.05, 0) is 38.4 Å². The molecule has 0 bridgehead atoms. The zero-order valence-corrected chi connectivity index (χ0v) is 13.1. The fourth-order valence-electron chi connectivity index (χ4n) is 2.61. The minimum atomic E-state index is 0.0951. The van der Waals surface area contributed by atoms with Crippen LogP contribution in [0.5, 0.6) is 5.75 Å². The number of ether oxygens (including phenoxy) is 1. The van der Waals surface area contributed by atoms with Crippen molar-refractivity contribution in [2.45, 2.75) is 39.2 Å². The Labute approximate surface area is 127 Å². The molecule has 4 heteroatoms. The monoisotopic (exact) mass is 290 g/mol. The van der Waals surface area contributed by atoms with E-state index in [-0.39, 0.29) is 12.5 Å². The molecule has 21 heavy (non-hydrogen) atoms. The van der Waals surface area contributed by atoms with Crippen LogP contribution in [-0.4, -0.2) is 43.1 Å². The average Bonchev–Trinajstić information content (AvgIpc) is 3.01. The van der Waals surface area contributed by atoms with Crippen LogP contribution in [-0.2, 0) is 4.79 Å². The molecule has 1 amide bonds. The summed E-state index contributed by atoms with van der Waals surface area (Å²) in [5.74, 6) is 0.853. The van der Waals surface area contributed by atoms with Gasteiger partial charge >= 0.3 is 0 Å². The van der Waals surface area contributed by atoms with Gasteiger partial charge in [0, 0.05) is 19.1 Å². The normalized spacial score (nSPS) is 17.7. The third-order valence-electron chi connectivity index (χ3n) is 3.93. The number of amides is 1. The van der Waals surface area contributed by atoms with Crippen LogP contribution in [0.15, 0.2) is 24.3 Å². The van der Waals surface area contributed by atoms with E-state index in [1.807, 2.05) is 36.1 Å². The molecule has 116 valence electrons. The summed E-state index contributed by atoms with van der Waals surface area (Å²) < 4.78 is 5.63. The third-order valence-corrected chi connectivity index (χ3v) is 3.93. The molecular weight excluding hydrogens is 264 g/mol. The van der Waals surface area contributed by atoms with Crippen LogP contribution in [0.2, 0.25) is 0 Å². The molecular formula is C17H26N2O2. The van der Waals surface area contributed by atoms with Gasteiger partial charge in [-0.3, -0.25) is 4.79 Å². The van der Waals surface area contributed by atoms with E-state index in [2.05, 4.69) is 12.2 Å². The zero-order chi connectivity index (χ0) is 15.1. The molecule has 1 aliphatic heterocycles. The largest absolute Gasteiger partial charge is 0.484 e. The van der Waals surface area contributed by atoms with E-state index in [9.17, 15) is 4.79 Å². The van der Waals surface area contributed by atoms with E-state index in [0.29, 0.717) is 6.04 Å². The van der Waals surface area contributed by atoms with Crippen LogP contribution >= 0.6 is 0 Å². The fourth-order valence-corrected chi connectivity index (χ4v) is 2.61. The molecule has 1 unspecified atom stereocenters. The van der Waals surface area contributed by atoms with Gasteiger partial charge in [0.25, 0.3) is 5.91 Å². The number of hydrogen-bond donors (Lipinski definition) is 1. The summed E-state index contributed by atoms with van der Waals surface area (Å²) in [6, 6.07) is 8.14. The molecule has 1 saturated heterocycles. The van der Waals surface area contributed by atoms with Crippen molar-refractivity contribution in [3.05, 3.63) is 29.8 Å². The Bertz CT molecular complexity index is 439. The second-order valence-electron chi connectivity index (χ2n) is 5.69. The summed E-state index contributed by atoms with van der Waals surface area (Å²) in [4.78, 5) is 14.4. The number of aryl methyl sites for hydroxylation is 1. The van der Waals surface area contributed by atoms with Gasteiger partial charge in [-0.25, -0.2) is 0 Å². The predicted octanol–water partition coefficient (Wildman–Crippen LogP) is 2.36. The van der Waals surface area contributed by atoms with Crippen molar-refractivity contribution in [2.75, 3.05) is 26.2 Å². The van der Waals surface area contributed by atoms with Crippen LogP contribution in [0.25, 0.3) is 0 Å². The summed E-state index contributed by atoms with van der Waals surface area (Å²) >= 11 is 0. The smallest absolute Gasteiger partial charge is 0.260 e. The summed E-state index contributed by atoms with van der Waals surface area (Å²) in [6.07, 6.45) is 3.19. The Morgan fingerprint density at radius 1 is 1.38 bits per heavy atom. The lowest BCUT2D eigenvalue weighted by atomic mass is 10.2. The molecule has 1 heterocycles. The first-order valence-electron chi connectivity index (χ1n) is 7.90. The molecule has 0 saturated carbocycles. The van der Waals surface area contributed by atoms with Crippen LogP contribution in [0.4, 0.5) is 0 Å². The van der Waals surface area contributed by atoms with Crippen molar-refractivity contribution in [1.29, 1.82) is 0 Å². The molecule has 0 aliphatic carbocycles. The lowest BCUT2D eigenvalue weighted by molar-refractivity contribution is -0.135. The Morgan fingerprint density at radius 2 is 2.14 bits per heavy atom. The Kier molecular flexibility index (Phi) is 6.05. The van der Waals surface area contributed by atoms with E-state index in [1.165, 1.54) is 5.56 Å². The van der Waals surface area contributed by atoms with E-state index in [0.717, 1.165) is 44.6 Å². The maximum atomic E-state index is 12.4. The second kappa shape index (κ2) is 8.03. The topological polar surface area (TPSA) is 41.6 Å². The van der Waals surface area contributed by atoms with Gasteiger partial charge in [0.15, 0.2) is 6.61 Å². The lowest BCUT2D eigenvalue weighted by Gasteiger charge is -2.28. The van der Waals surface area contributed by atoms with Gasteiger partial charge in [0.05, 0.1) is 0 Å². The van der Waals surface area contributed by atoms with Gasteiger partial charge in [0.1, 0.15) is 5.75 Å². The molecule has 1 atom stereocenters. The summed E-state index contributed by atoms with van der Waals surface area (Å²) in [5.41, 5.74) is 1.19. The molecule has 1 N–H and O–H groups in total. The summed E-state index contributed by atoms with van der Waals surface area (Å²) in [5, 5.41) is 3.33. The predicted molar refractivity (Wildman–Crippen MR) is 84.6 cm³/mol. The van der Waals surface area contributed by atoms with Gasteiger partial charge in [-0.2, -0.15) is 0 Å². The van der Waals surface area contributed by atoms with Crippen molar-refractivity contribution in [2.24, 2.45) is 0 Å². The highest BCUT2D eigenvalue weighted by Crippen LogP contribution is 2.14. The van der Waals surface area contributed by atoms with E-state index >= 15 is 0 Å². The Hall–Kier alpha value is -1.55. The molecule has 1 fully saturated rings. The number of unbranched alkanes of at least 4 members (excludes halogenated alkanes) is 1. The molecule has 1 aromatic rings. The minimum Gasteiger partial charge on any atom is -0.484 e. The number of nitrogens with one attached hydrogen (secondary N) is 1. The second-order valence-corrected chi connectivity index (χ2v) is 5.69. The van der Waals surface area contributed by atoms with Gasteiger partial charge in [-0.15, -0.1) is 0 Å². The fraction of sp³-hybridized carbons (Fsp3) is 0.588.